The first kappa shape index (κ1) is 18.1. The van der Waals surface area contributed by atoms with E-state index in [0.29, 0.717) is 0 Å². The van der Waals surface area contributed by atoms with Crippen molar-refractivity contribution in [1.29, 1.82) is 0 Å². The third-order valence-electron chi connectivity index (χ3n) is 4.11. The molecule has 0 unspecified atom stereocenters. The normalized spacial score (nSPS) is 12.3. The predicted octanol–water partition coefficient (Wildman–Crippen LogP) is 1.78. The van der Waals surface area contributed by atoms with Crippen LogP contribution in [0.1, 0.15) is 50.2 Å². The lowest BCUT2D eigenvalue weighted by Gasteiger charge is -2.20. The molecule has 138 valence electrons. The zero-order valence-electron chi connectivity index (χ0n) is 13.9. The molecule has 0 aromatic heterocycles. The van der Waals surface area contributed by atoms with Crippen LogP contribution in [0.4, 0.5) is 0 Å². The van der Waals surface area contributed by atoms with Gasteiger partial charge in [0.05, 0.1) is 24.0 Å². The molecule has 0 saturated carbocycles. The Labute approximate surface area is 152 Å². The van der Waals surface area contributed by atoms with E-state index in [1.165, 1.54) is 30.3 Å². The number of carbonyl (C=O) groups excluding carboxylic acids is 3. The van der Waals surface area contributed by atoms with E-state index in [2.05, 4.69) is 0 Å². The average molecular weight is 370 g/mol. The topological polar surface area (TPSA) is 138 Å². The van der Waals surface area contributed by atoms with E-state index >= 15 is 0 Å². The number of carbonyl (C=O) groups is 4. The molecule has 1 aliphatic carbocycles. The fraction of sp³-hybridized carbons (Fsp3) is 0.158. The van der Waals surface area contributed by atoms with Crippen molar-refractivity contribution in [3.8, 4) is 11.5 Å². The number of ketones is 2. The van der Waals surface area contributed by atoms with E-state index in [-0.39, 0.29) is 53.0 Å². The number of carboxylic acids is 1. The lowest BCUT2D eigenvalue weighted by Crippen LogP contribution is -2.21. The van der Waals surface area contributed by atoms with Crippen LogP contribution in [0.3, 0.4) is 0 Å². The minimum Gasteiger partial charge on any atom is -0.507 e. The number of aliphatic carboxylic acids is 1. The first-order chi connectivity index (χ1) is 12.8. The molecule has 1 aliphatic rings. The summed E-state index contributed by atoms with van der Waals surface area (Å²) in [5.41, 5.74) is -0.176. The van der Waals surface area contributed by atoms with Gasteiger partial charge in [0.15, 0.2) is 5.78 Å². The number of carboxylic acid groups (broad SMARTS) is 1. The number of ether oxygens (including phenoxy) is 1. The highest BCUT2D eigenvalue weighted by atomic mass is 16.5. The molecule has 0 fully saturated rings. The first-order valence-electron chi connectivity index (χ1n) is 7.94. The Morgan fingerprint density at radius 3 is 2.30 bits per heavy atom. The van der Waals surface area contributed by atoms with Gasteiger partial charge in [0.1, 0.15) is 18.1 Å². The summed E-state index contributed by atoms with van der Waals surface area (Å²) in [6.45, 7) is -0.298. The van der Waals surface area contributed by atoms with Crippen molar-refractivity contribution in [2.75, 3.05) is 0 Å². The van der Waals surface area contributed by atoms with Gasteiger partial charge in [0.2, 0.25) is 5.78 Å². The van der Waals surface area contributed by atoms with E-state index in [1.807, 2.05) is 0 Å². The molecular formula is C19H14O8. The van der Waals surface area contributed by atoms with Gasteiger partial charge in [-0.2, -0.15) is 0 Å². The van der Waals surface area contributed by atoms with Crippen molar-refractivity contribution in [3.63, 3.8) is 0 Å². The van der Waals surface area contributed by atoms with Crippen LogP contribution in [0.5, 0.6) is 11.5 Å². The van der Waals surface area contributed by atoms with Crippen molar-refractivity contribution in [1.82, 2.24) is 0 Å². The Hall–Kier alpha value is -3.68. The molecule has 8 heteroatoms. The SMILES string of the molecule is O=C(O)CCC(=O)OCc1cc(O)c2c(c1)C(=O)c1cccc(O)c1C2=O. The maximum absolute atomic E-state index is 12.7. The Morgan fingerprint density at radius 1 is 0.889 bits per heavy atom. The summed E-state index contributed by atoms with van der Waals surface area (Å²) in [6.07, 6.45) is -0.683. The smallest absolute Gasteiger partial charge is 0.306 e. The molecule has 0 atom stereocenters. The van der Waals surface area contributed by atoms with Crippen LogP contribution in [0, 0.1) is 0 Å². The van der Waals surface area contributed by atoms with Gasteiger partial charge in [-0.15, -0.1) is 0 Å². The summed E-state index contributed by atoms with van der Waals surface area (Å²) in [4.78, 5) is 47.2. The highest BCUT2D eigenvalue weighted by molar-refractivity contribution is 6.30. The van der Waals surface area contributed by atoms with Crippen LogP contribution in [0.2, 0.25) is 0 Å². The van der Waals surface area contributed by atoms with Crippen molar-refractivity contribution in [3.05, 3.63) is 58.1 Å². The molecule has 8 nitrogen and oxygen atoms in total. The molecule has 0 saturated heterocycles. The number of rotatable bonds is 5. The molecule has 0 heterocycles. The minimum atomic E-state index is -1.13. The summed E-state index contributed by atoms with van der Waals surface area (Å²) in [5, 5.41) is 28.6. The van der Waals surface area contributed by atoms with Crippen LogP contribution < -0.4 is 0 Å². The largest absolute Gasteiger partial charge is 0.507 e. The van der Waals surface area contributed by atoms with Crippen molar-refractivity contribution >= 4 is 23.5 Å². The molecule has 3 N–H and O–H groups in total. The van der Waals surface area contributed by atoms with Crippen molar-refractivity contribution in [2.24, 2.45) is 0 Å². The maximum atomic E-state index is 12.7. The van der Waals surface area contributed by atoms with Crippen LogP contribution >= 0.6 is 0 Å². The van der Waals surface area contributed by atoms with Gasteiger partial charge in [-0.1, -0.05) is 12.1 Å². The molecule has 0 spiro atoms. The van der Waals surface area contributed by atoms with Crippen molar-refractivity contribution < 1.29 is 39.2 Å². The van der Waals surface area contributed by atoms with Gasteiger partial charge in [0, 0.05) is 11.1 Å². The number of esters is 1. The average Bonchev–Trinajstić information content (AvgIpc) is 2.62. The molecule has 3 rings (SSSR count). The van der Waals surface area contributed by atoms with Gasteiger partial charge in [-0.05, 0) is 23.8 Å². The maximum Gasteiger partial charge on any atom is 0.306 e. The summed E-state index contributed by atoms with van der Waals surface area (Å²) < 4.78 is 4.93. The van der Waals surface area contributed by atoms with E-state index < -0.39 is 29.3 Å². The van der Waals surface area contributed by atoms with E-state index in [4.69, 9.17) is 9.84 Å². The molecule has 2 aromatic carbocycles. The van der Waals surface area contributed by atoms with Gasteiger partial charge in [-0.25, -0.2) is 0 Å². The zero-order valence-corrected chi connectivity index (χ0v) is 13.9. The Morgan fingerprint density at radius 2 is 1.59 bits per heavy atom. The second-order valence-electron chi connectivity index (χ2n) is 5.95. The second kappa shape index (κ2) is 6.91. The number of hydrogen-bond acceptors (Lipinski definition) is 7. The van der Waals surface area contributed by atoms with Gasteiger partial charge in [-0.3, -0.25) is 19.2 Å². The molecule has 0 amide bonds. The first-order valence-corrected chi connectivity index (χ1v) is 7.94. The van der Waals surface area contributed by atoms with Crippen LogP contribution in [0.15, 0.2) is 30.3 Å². The zero-order chi connectivity index (χ0) is 19.7. The standard InChI is InChI=1S/C19H14O8/c20-12-3-1-2-10-16(12)19(26)17-11(18(10)25)6-9(7-13(17)21)8-27-15(24)5-4-14(22)23/h1-3,6-7,20-21H,4-5,8H2,(H,22,23). The minimum absolute atomic E-state index is 0.0162. The van der Waals surface area contributed by atoms with Crippen LogP contribution in [-0.4, -0.2) is 38.8 Å². The van der Waals surface area contributed by atoms with E-state index in [9.17, 15) is 29.4 Å². The molecule has 0 bridgehead atoms. The Balaban J connectivity index is 1.89. The number of hydrogen-bond donors (Lipinski definition) is 3. The van der Waals surface area contributed by atoms with Crippen molar-refractivity contribution in [2.45, 2.75) is 19.4 Å². The monoisotopic (exact) mass is 370 g/mol. The molecule has 0 aliphatic heterocycles. The summed E-state index contributed by atoms with van der Waals surface area (Å²) in [5.74, 6) is -3.94. The Kier molecular flexibility index (Phi) is 4.64. The molecular weight excluding hydrogens is 356 g/mol. The summed E-state index contributed by atoms with van der Waals surface area (Å²) >= 11 is 0. The number of fused-ring (bicyclic) bond motifs is 2. The summed E-state index contributed by atoms with van der Waals surface area (Å²) in [7, 11) is 0. The quantitative estimate of drug-likeness (QED) is 0.578. The fourth-order valence-electron chi connectivity index (χ4n) is 2.87. The predicted molar refractivity (Wildman–Crippen MR) is 89.7 cm³/mol. The number of phenols is 2. The van der Waals surface area contributed by atoms with E-state index in [1.54, 1.807) is 0 Å². The molecule has 2 aromatic rings. The Bertz CT molecular complexity index is 989. The second-order valence-corrected chi connectivity index (χ2v) is 5.95. The highest BCUT2D eigenvalue weighted by Crippen LogP contribution is 2.37. The van der Waals surface area contributed by atoms with Gasteiger partial charge >= 0.3 is 11.9 Å². The molecule has 27 heavy (non-hydrogen) atoms. The van der Waals surface area contributed by atoms with Gasteiger partial charge in [0.25, 0.3) is 0 Å². The molecule has 0 radical (unpaired) electrons. The lowest BCUT2D eigenvalue weighted by atomic mass is 9.82. The number of aromatic hydroxyl groups is 2. The highest BCUT2D eigenvalue weighted by Gasteiger charge is 2.34. The van der Waals surface area contributed by atoms with Gasteiger partial charge < -0.3 is 20.1 Å². The van der Waals surface area contributed by atoms with E-state index in [0.717, 1.165) is 0 Å². The third-order valence-corrected chi connectivity index (χ3v) is 4.11. The number of phenolic OH excluding ortho intramolecular Hbond substituents is 2. The van der Waals surface area contributed by atoms with Crippen LogP contribution in [0.25, 0.3) is 0 Å². The van der Waals surface area contributed by atoms with Crippen LogP contribution in [-0.2, 0) is 20.9 Å². The number of benzene rings is 2. The fourth-order valence-corrected chi connectivity index (χ4v) is 2.87. The third kappa shape index (κ3) is 3.37. The summed E-state index contributed by atoms with van der Waals surface area (Å²) in [6, 6.07) is 6.61. The lowest BCUT2D eigenvalue weighted by molar-refractivity contribution is -0.148.